The van der Waals surface area contributed by atoms with E-state index in [4.69, 9.17) is 9.15 Å². The van der Waals surface area contributed by atoms with Crippen LogP contribution in [-0.2, 0) is 6.61 Å². The highest BCUT2D eigenvalue weighted by molar-refractivity contribution is 5.89. The lowest BCUT2D eigenvalue weighted by molar-refractivity contribution is 0.111. The molecule has 0 saturated heterocycles. The SMILES string of the molecule is O=Cc1cc2ccc(=O)oc2cc1OCc1ccccc1. The van der Waals surface area contributed by atoms with Crippen LogP contribution < -0.4 is 10.4 Å². The van der Waals surface area contributed by atoms with Crippen LogP contribution in [0, 0.1) is 0 Å². The molecule has 3 aromatic rings. The number of fused-ring (bicyclic) bond motifs is 1. The molecule has 0 spiro atoms. The summed E-state index contributed by atoms with van der Waals surface area (Å²) in [7, 11) is 0. The molecular weight excluding hydrogens is 268 g/mol. The largest absolute Gasteiger partial charge is 0.488 e. The van der Waals surface area contributed by atoms with Gasteiger partial charge in [-0.1, -0.05) is 30.3 Å². The third kappa shape index (κ3) is 2.84. The lowest BCUT2D eigenvalue weighted by Crippen LogP contribution is -2.00. The first kappa shape index (κ1) is 13.1. The molecule has 0 aliphatic carbocycles. The third-order valence-corrected chi connectivity index (χ3v) is 3.12. The van der Waals surface area contributed by atoms with Crippen molar-refractivity contribution in [1.82, 2.24) is 0 Å². The lowest BCUT2D eigenvalue weighted by atomic mass is 10.1. The number of benzene rings is 2. The molecule has 0 atom stereocenters. The first-order valence-corrected chi connectivity index (χ1v) is 6.46. The zero-order valence-corrected chi connectivity index (χ0v) is 11.1. The predicted octanol–water partition coefficient (Wildman–Crippen LogP) is 3.18. The highest BCUT2D eigenvalue weighted by Gasteiger charge is 2.08. The standard InChI is InChI=1S/C17H12O4/c18-10-14-8-13-6-7-17(19)21-16(13)9-15(14)20-11-12-4-2-1-3-5-12/h1-10H,11H2. The van der Waals surface area contributed by atoms with E-state index in [0.29, 0.717) is 28.9 Å². The summed E-state index contributed by atoms with van der Waals surface area (Å²) < 4.78 is 10.8. The summed E-state index contributed by atoms with van der Waals surface area (Å²) in [5.41, 5.74) is 1.38. The van der Waals surface area contributed by atoms with E-state index in [1.807, 2.05) is 30.3 Å². The Morgan fingerprint density at radius 2 is 1.86 bits per heavy atom. The van der Waals surface area contributed by atoms with Gasteiger partial charge in [-0.25, -0.2) is 4.79 Å². The summed E-state index contributed by atoms with van der Waals surface area (Å²) in [5.74, 6) is 0.399. The van der Waals surface area contributed by atoms with Gasteiger partial charge in [0.15, 0.2) is 6.29 Å². The van der Waals surface area contributed by atoms with Gasteiger partial charge in [0.2, 0.25) is 0 Å². The number of aldehydes is 1. The zero-order chi connectivity index (χ0) is 14.7. The van der Waals surface area contributed by atoms with Crippen LogP contribution in [-0.4, -0.2) is 6.29 Å². The number of hydrogen-bond donors (Lipinski definition) is 0. The Kier molecular flexibility index (Phi) is 3.51. The van der Waals surface area contributed by atoms with Gasteiger partial charge in [-0.05, 0) is 17.7 Å². The van der Waals surface area contributed by atoms with Gasteiger partial charge in [-0.2, -0.15) is 0 Å². The fraction of sp³-hybridized carbons (Fsp3) is 0.0588. The summed E-state index contributed by atoms with van der Waals surface area (Å²) in [4.78, 5) is 22.4. The molecule has 4 heteroatoms. The van der Waals surface area contributed by atoms with Gasteiger partial charge in [0.1, 0.15) is 17.9 Å². The highest BCUT2D eigenvalue weighted by Crippen LogP contribution is 2.25. The van der Waals surface area contributed by atoms with Crippen LogP contribution in [0.5, 0.6) is 5.75 Å². The normalized spacial score (nSPS) is 10.5. The quantitative estimate of drug-likeness (QED) is 0.544. The molecule has 0 aliphatic heterocycles. The summed E-state index contributed by atoms with van der Waals surface area (Å²) in [6.45, 7) is 0.338. The van der Waals surface area contributed by atoms with Crippen molar-refractivity contribution in [3.63, 3.8) is 0 Å². The molecule has 0 unspecified atom stereocenters. The van der Waals surface area contributed by atoms with E-state index >= 15 is 0 Å². The molecule has 0 amide bonds. The number of hydrogen-bond acceptors (Lipinski definition) is 4. The van der Waals surface area contributed by atoms with Gasteiger partial charge in [0.05, 0.1) is 5.56 Å². The van der Waals surface area contributed by atoms with E-state index in [1.165, 1.54) is 6.07 Å². The van der Waals surface area contributed by atoms with E-state index in [-0.39, 0.29) is 0 Å². The van der Waals surface area contributed by atoms with Crippen molar-refractivity contribution in [3.8, 4) is 5.75 Å². The Hall–Kier alpha value is -2.88. The van der Waals surface area contributed by atoms with Crippen LogP contribution in [0.1, 0.15) is 15.9 Å². The van der Waals surface area contributed by atoms with Gasteiger partial charge in [-0.15, -0.1) is 0 Å². The average Bonchev–Trinajstić information content (AvgIpc) is 2.53. The molecule has 0 radical (unpaired) electrons. The minimum absolute atomic E-state index is 0.338. The van der Waals surface area contributed by atoms with Crippen LogP contribution in [0.25, 0.3) is 11.0 Å². The molecule has 21 heavy (non-hydrogen) atoms. The van der Waals surface area contributed by atoms with Crippen molar-refractivity contribution in [1.29, 1.82) is 0 Å². The Labute approximate surface area is 120 Å². The molecule has 0 aliphatic rings. The van der Waals surface area contributed by atoms with Crippen LogP contribution in [0.4, 0.5) is 0 Å². The zero-order valence-electron chi connectivity index (χ0n) is 11.1. The summed E-state index contributed by atoms with van der Waals surface area (Å²) in [6, 6.07) is 15.8. The summed E-state index contributed by atoms with van der Waals surface area (Å²) >= 11 is 0. The molecule has 1 aromatic heterocycles. The predicted molar refractivity (Wildman–Crippen MR) is 78.6 cm³/mol. The van der Waals surface area contributed by atoms with Crippen molar-refractivity contribution < 1.29 is 13.9 Å². The van der Waals surface area contributed by atoms with Gasteiger partial charge < -0.3 is 9.15 Å². The third-order valence-electron chi connectivity index (χ3n) is 3.12. The van der Waals surface area contributed by atoms with E-state index in [2.05, 4.69) is 0 Å². The highest BCUT2D eigenvalue weighted by atomic mass is 16.5. The molecular formula is C17H12O4. The lowest BCUT2D eigenvalue weighted by Gasteiger charge is -2.09. The second-order valence-electron chi connectivity index (χ2n) is 4.57. The molecule has 104 valence electrons. The molecule has 0 saturated carbocycles. The topological polar surface area (TPSA) is 56.5 Å². The molecule has 3 rings (SSSR count). The maximum atomic E-state index is 11.3. The van der Waals surface area contributed by atoms with Crippen molar-refractivity contribution in [3.05, 3.63) is 76.1 Å². The molecule has 0 bridgehead atoms. The van der Waals surface area contributed by atoms with Gasteiger partial charge in [0.25, 0.3) is 0 Å². The Morgan fingerprint density at radius 1 is 1.05 bits per heavy atom. The number of carbonyl (C=O) groups is 1. The monoisotopic (exact) mass is 280 g/mol. The van der Waals surface area contributed by atoms with Gasteiger partial charge >= 0.3 is 5.63 Å². The fourth-order valence-electron chi connectivity index (χ4n) is 2.07. The van der Waals surface area contributed by atoms with E-state index in [0.717, 1.165) is 11.8 Å². The average molecular weight is 280 g/mol. The first-order chi connectivity index (χ1) is 10.3. The molecule has 2 aromatic carbocycles. The molecule has 0 fully saturated rings. The van der Waals surface area contributed by atoms with Gasteiger partial charge in [-0.3, -0.25) is 4.79 Å². The Balaban J connectivity index is 1.96. The number of carbonyl (C=O) groups excluding carboxylic acids is 1. The van der Waals surface area contributed by atoms with Crippen LogP contribution in [0.3, 0.4) is 0 Å². The minimum atomic E-state index is -0.435. The van der Waals surface area contributed by atoms with Crippen molar-refractivity contribution in [2.24, 2.45) is 0 Å². The number of ether oxygens (including phenoxy) is 1. The first-order valence-electron chi connectivity index (χ1n) is 6.46. The second-order valence-corrected chi connectivity index (χ2v) is 4.57. The van der Waals surface area contributed by atoms with Crippen molar-refractivity contribution >= 4 is 17.3 Å². The van der Waals surface area contributed by atoms with E-state index in [9.17, 15) is 9.59 Å². The van der Waals surface area contributed by atoms with Crippen molar-refractivity contribution in [2.75, 3.05) is 0 Å². The van der Waals surface area contributed by atoms with E-state index in [1.54, 1.807) is 18.2 Å². The fourth-order valence-corrected chi connectivity index (χ4v) is 2.07. The molecule has 4 nitrogen and oxygen atoms in total. The minimum Gasteiger partial charge on any atom is -0.488 e. The van der Waals surface area contributed by atoms with E-state index < -0.39 is 5.63 Å². The van der Waals surface area contributed by atoms with Crippen LogP contribution in [0.2, 0.25) is 0 Å². The van der Waals surface area contributed by atoms with Crippen LogP contribution in [0.15, 0.2) is 63.8 Å². The van der Waals surface area contributed by atoms with Gasteiger partial charge in [0, 0.05) is 17.5 Å². The second kappa shape index (κ2) is 5.63. The Bertz CT molecular complexity index is 834. The maximum absolute atomic E-state index is 11.3. The van der Waals surface area contributed by atoms with Crippen LogP contribution >= 0.6 is 0 Å². The maximum Gasteiger partial charge on any atom is 0.336 e. The van der Waals surface area contributed by atoms with Crippen molar-refractivity contribution in [2.45, 2.75) is 6.61 Å². The summed E-state index contributed by atoms with van der Waals surface area (Å²) in [5, 5.41) is 0.684. The Morgan fingerprint density at radius 3 is 2.62 bits per heavy atom. The number of rotatable bonds is 4. The smallest absolute Gasteiger partial charge is 0.336 e. The molecule has 1 heterocycles. The molecule has 0 N–H and O–H groups in total. The summed E-state index contributed by atoms with van der Waals surface area (Å²) in [6.07, 6.45) is 0.727.